The van der Waals surface area contributed by atoms with Gasteiger partial charge in [0.2, 0.25) is 11.5 Å². The van der Waals surface area contributed by atoms with E-state index in [4.69, 9.17) is 0 Å². The topological polar surface area (TPSA) is 84.3 Å². The van der Waals surface area contributed by atoms with Gasteiger partial charge in [0, 0.05) is 32.8 Å². The Kier molecular flexibility index (Phi) is 5.16. The van der Waals surface area contributed by atoms with E-state index in [0.717, 1.165) is 24.2 Å². The summed E-state index contributed by atoms with van der Waals surface area (Å²) in [4.78, 5) is 42.0. The van der Waals surface area contributed by atoms with Gasteiger partial charge in [0.05, 0.1) is 29.5 Å². The highest BCUT2D eigenvalue weighted by Gasteiger charge is 2.31. The maximum absolute atomic E-state index is 12.9. The number of likely N-dealkylation sites (tertiary alicyclic amines) is 1. The Morgan fingerprint density at radius 1 is 1.27 bits per heavy atom. The summed E-state index contributed by atoms with van der Waals surface area (Å²) in [6.45, 7) is 2.49. The fourth-order valence-electron chi connectivity index (χ4n) is 3.20. The first-order valence-electron chi connectivity index (χ1n) is 8.63. The van der Waals surface area contributed by atoms with Gasteiger partial charge in [-0.15, -0.1) is 0 Å². The van der Waals surface area contributed by atoms with E-state index in [9.17, 15) is 14.4 Å². The number of nitrogens with zero attached hydrogens (tertiary/aromatic N) is 3. The van der Waals surface area contributed by atoms with Crippen LogP contribution in [0.3, 0.4) is 0 Å². The van der Waals surface area contributed by atoms with Gasteiger partial charge in [-0.1, -0.05) is 6.07 Å². The zero-order valence-electron chi connectivity index (χ0n) is 14.9. The Morgan fingerprint density at radius 3 is 2.81 bits per heavy atom. The van der Waals surface area contributed by atoms with Crippen molar-refractivity contribution in [3.8, 4) is 0 Å². The minimum Gasteiger partial charge on any atom is -0.351 e. The predicted molar refractivity (Wildman–Crippen MR) is 96.5 cm³/mol. The second-order valence-corrected chi connectivity index (χ2v) is 6.49. The van der Waals surface area contributed by atoms with Crippen molar-refractivity contribution in [2.24, 2.45) is 7.05 Å². The van der Waals surface area contributed by atoms with Gasteiger partial charge < -0.3 is 14.8 Å². The van der Waals surface area contributed by atoms with E-state index in [0.29, 0.717) is 18.7 Å². The van der Waals surface area contributed by atoms with E-state index in [1.807, 2.05) is 23.1 Å². The molecule has 1 saturated heterocycles. The van der Waals surface area contributed by atoms with Crippen molar-refractivity contribution in [3.63, 3.8) is 0 Å². The molecule has 1 aliphatic heterocycles. The first-order valence-corrected chi connectivity index (χ1v) is 8.63. The van der Waals surface area contributed by atoms with Gasteiger partial charge in [0.15, 0.2) is 0 Å². The second kappa shape index (κ2) is 7.51. The van der Waals surface area contributed by atoms with E-state index in [1.54, 1.807) is 19.3 Å². The number of carbonyl (C=O) groups is 2. The first kappa shape index (κ1) is 17.8. The molecule has 2 aromatic rings. The highest BCUT2D eigenvalue weighted by Crippen LogP contribution is 2.32. The molecule has 1 N–H and O–H groups in total. The van der Waals surface area contributed by atoms with E-state index in [1.165, 1.54) is 17.6 Å². The average molecular weight is 354 g/mol. The summed E-state index contributed by atoms with van der Waals surface area (Å²) in [7, 11) is 1.63. The quantitative estimate of drug-likeness (QED) is 0.899. The van der Waals surface area contributed by atoms with Crippen LogP contribution in [-0.2, 0) is 18.4 Å². The monoisotopic (exact) mass is 354 g/mol. The lowest BCUT2D eigenvalue weighted by molar-refractivity contribution is -0.119. The summed E-state index contributed by atoms with van der Waals surface area (Å²) in [5.74, 6) is -0.207. The van der Waals surface area contributed by atoms with Crippen molar-refractivity contribution in [1.82, 2.24) is 19.8 Å². The number of rotatable bonds is 4. The third kappa shape index (κ3) is 3.82. The molecule has 0 bridgehead atoms. The molecule has 0 aromatic carbocycles. The molecule has 0 aliphatic carbocycles. The summed E-state index contributed by atoms with van der Waals surface area (Å²) in [5, 5.41) is 2.74. The lowest BCUT2D eigenvalue weighted by Crippen LogP contribution is -2.32. The zero-order chi connectivity index (χ0) is 18.7. The third-order valence-electron chi connectivity index (χ3n) is 4.53. The number of nitrogens with one attached hydrogen (secondary N) is 1. The molecule has 1 aliphatic rings. The third-order valence-corrected chi connectivity index (χ3v) is 4.53. The average Bonchev–Trinajstić information content (AvgIpc) is 3.11. The lowest BCUT2D eigenvalue weighted by Gasteiger charge is -2.25. The van der Waals surface area contributed by atoms with Crippen molar-refractivity contribution in [2.45, 2.75) is 32.4 Å². The highest BCUT2D eigenvalue weighted by atomic mass is 16.2. The van der Waals surface area contributed by atoms with Crippen molar-refractivity contribution < 1.29 is 9.59 Å². The summed E-state index contributed by atoms with van der Waals surface area (Å²) >= 11 is 0. The fraction of sp³-hybridized carbons (Fsp3) is 0.368. The Labute approximate surface area is 151 Å². The van der Waals surface area contributed by atoms with Gasteiger partial charge in [-0.2, -0.15) is 0 Å². The molecule has 3 heterocycles. The second-order valence-electron chi connectivity index (χ2n) is 6.49. The van der Waals surface area contributed by atoms with Crippen molar-refractivity contribution in [3.05, 3.63) is 63.8 Å². The maximum atomic E-state index is 12.9. The molecule has 1 fully saturated rings. The number of hydrogen-bond acceptors (Lipinski definition) is 4. The molecule has 136 valence electrons. The van der Waals surface area contributed by atoms with E-state index in [-0.39, 0.29) is 23.4 Å². The summed E-state index contributed by atoms with van der Waals surface area (Å²) in [5.41, 5.74) is 1.93. The van der Waals surface area contributed by atoms with Crippen LogP contribution in [0.15, 0.2) is 41.3 Å². The van der Waals surface area contributed by atoms with Crippen LogP contribution in [0, 0.1) is 0 Å². The Morgan fingerprint density at radius 2 is 2.08 bits per heavy atom. The molecule has 0 radical (unpaired) electrons. The first-order chi connectivity index (χ1) is 12.5. The number of pyridine rings is 2. The van der Waals surface area contributed by atoms with E-state index >= 15 is 0 Å². The maximum Gasteiger partial charge on any atom is 0.255 e. The molecule has 1 unspecified atom stereocenters. The normalized spacial score (nSPS) is 16.5. The zero-order valence-corrected chi connectivity index (χ0v) is 14.9. The standard InChI is InChI=1S/C19H22N4O3/c1-13(24)20-11-15-5-3-6-16(21-15)17-7-4-10-23(17)19(26)14-8-9-18(25)22(2)12-14/h3,5-6,8-9,12,17H,4,7,10-11H2,1-2H3,(H,20,24). The number of amides is 2. The molecular weight excluding hydrogens is 332 g/mol. The van der Waals surface area contributed by atoms with Crippen LogP contribution >= 0.6 is 0 Å². The smallest absolute Gasteiger partial charge is 0.255 e. The molecule has 1 atom stereocenters. The van der Waals surface area contributed by atoms with Crippen molar-refractivity contribution in [1.29, 1.82) is 0 Å². The Bertz CT molecular complexity index is 890. The number of aryl methyl sites for hydroxylation is 1. The largest absolute Gasteiger partial charge is 0.351 e. The van der Waals surface area contributed by atoms with Gasteiger partial charge in [-0.3, -0.25) is 19.4 Å². The molecule has 2 amide bonds. The van der Waals surface area contributed by atoms with Gasteiger partial charge >= 0.3 is 0 Å². The van der Waals surface area contributed by atoms with Crippen molar-refractivity contribution in [2.75, 3.05) is 6.54 Å². The molecule has 7 nitrogen and oxygen atoms in total. The van der Waals surface area contributed by atoms with Crippen LogP contribution in [-0.4, -0.2) is 32.8 Å². The molecular formula is C19H22N4O3. The van der Waals surface area contributed by atoms with Gasteiger partial charge in [0.1, 0.15) is 0 Å². The summed E-state index contributed by atoms with van der Waals surface area (Å²) < 4.78 is 1.41. The molecule has 3 rings (SSSR count). The van der Waals surface area contributed by atoms with Gasteiger partial charge in [-0.05, 0) is 31.0 Å². The minimum atomic E-state index is -0.146. The van der Waals surface area contributed by atoms with Crippen LogP contribution < -0.4 is 10.9 Å². The fourth-order valence-corrected chi connectivity index (χ4v) is 3.20. The molecule has 7 heteroatoms. The Hall–Kier alpha value is -2.96. The van der Waals surface area contributed by atoms with E-state index < -0.39 is 0 Å². The molecule has 0 saturated carbocycles. The minimum absolute atomic E-state index is 0.0998. The van der Waals surface area contributed by atoms with Crippen LogP contribution in [0.2, 0.25) is 0 Å². The number of hydrogen-bond donors (Lipinski definition) is 1. The predicted octanol–water partition coefficient (Wildman–Crippen LogP) is 1.39. The van der Waals surface area contributed by atoms with Crippen LogP contribution in [0.4, 0.5) is 0 Å². The summed E-state index contributed by atoms with van der Waals surface area (Å²) in [6, 6.07) is 8.54. The summed E-state index contributed by atoms with van der Waals surface area (Å²) in [6.07, 6.45) is 3.31. The Balaban J connectivity index is 1.82. The van der Waals surface area contributed by atoms with Crippen LogP contribution in [0.25, 0.3) is 0 Å². The highest BCUT2D eigenvalue weighted by molar-refractivity contribution is 5.94. The van der Waals surface area contributed by atoms with Crippen LogP contribution in [0.5, 0.6) is 0 Å². The SMILES string of the molecule is CC(=O)NCc1cccc(C2CCCN2C(=O)c2ccc(=O)n(C)c2)n1. The lowest BCUT2D eigenvalue weighted by atomic mass is 10.1. The number of carbonyl (C=O) groups excluding carboxylic acids is 2. The molecule has 2 aromatic heterocycles. The van der Waals surface area contributed by atoms with Gasteiger partial charge in [-0.25, -0.2) is 0 Å². The van der Waals surface area contributed by atoms with Crippen LogP contribution in [0.1, 0.15) is 47.6 Å². The molecule has 0 spiro atoms. The van der Waals surface area contributed by atoms with Gasteiger partial charge in [0.25, 0.3) is 5.91 Å². The van der Waals surface area contributed by atoms with E-state index in [2.05, 4.69) is 10.3 Å². The molecule has 26 heavy (non-hydrogen) atoms. The van der Waals surface area contributed by atoms with Crippen molar-refractivity contribution >= 4 is 11.8 Å². The number of aromatic nitrogens is 2.